The molecule has 2 aromatic carbocycles. The minimum atomic E-state index is -0.551. The van der Waals surface area contributed by atoms with E-state index in [2.05, 4.69) is 15.9 Å². The highest BCUT2D eigenvalue weighted by Gasteiger charge is 2.39. The van der Waals surface area contributed by atoms with Crippen LogP contribution in [-0.2, 0) is 16.0 Å². The number of benzene rings is 2. The standard InChI is InChI=1S/C19H18BrNO3/c1-13(15-7-9-16(20)10-8-15)18(22)21-17(12-24-19(21)23)11-14-5-3-2-4-6-14/h2-10,13,17H,11-12H2,1H3/t13-,17?/m0/s1. The molecular formula is C19H18BrNO3. The van der Waals surface area contributed by atoms with E-state index < -0.39 is 12.0 Å². The van der Waals surface area contributed by atoms with E-state index in [1.165, 1.54) is 4.90 Å². The third-order valence-electron chi connectivity index (χ3n) is 4.25. The van der Waals surface area contributed by atoms with Crippen LogP contribution >= 0.6 is 15.9 Å². The van der Waals surface area contributed by atoms with E-state index >= 15 is 0 Å². The number of hydrogen-bond donors (Lipinski definition) is 0. The largest absolute Gasteiger partial charge is 0.447 e. The average Bonchev–Trinajstić information content (AvgIpc) is 2.95. The van der Waals surface area contributed by atoms with Gasteiger partial charge < -0.3 is 4.74 Å². The molecule has 1 saturated heterocycles. The molecule has 0 aliphatic carbocycles. The Labute approximate surface area is 149 Å². The summed E-state index contributed by atoms with van der Waals surface area (Å²) < 4.78 is 6.09. The molecule has 1 aliphatic heterocycles. The van der Waals surface area contributed by atoms with Gasteiger partial charge in [0, 0.05) is 4.47 Å². The highest BCUT2D eigenvalue weighted by molar-refractivity contribution is 9.10. The fourth-order valence-electron chi connectivity index (χ4n) is 2.87. The van der Waals surface area contributed by atoms with E-state index in [-0.39, 0.29) is 18.6 Å². The van der Waals surface area contributed by atoms with E-state index in [4.69, 9.17) is 4.74 Å². The van der Waals surface area contributed by atoms with Crippen molar-refractivity contribution in [3.8, 4) is 0 Å². The number of carbonyl (C=O) groups excluding carboxylic acids is 2. The predicted octanol–water partition coefficient (Wildman–Crippen LogP) is 4.14. The molecule has 1 unspecified atom stereocenters. The number of carbonyl (C=O) groups is 2. The SMILES string of the molecule is C[C@H](C(=O)N1C(=O)OCC1Cc1ccccc1)c1ccc(Br)cc1. The van der Waals surface area contributed by atoms with Gasteiger partial charge in [-0.3, -0.25) is 4.79 Å². The van der Waals surface area contributed by atoms with Crippen LogP contribution in [0.25, 0.3) is 0 Å². The lowest BCUT2D eigenvalue weighted by molar-refractivity contribution is -0.130. The van der Waals surface area contributed by atoms with Crippen LogP contribution in [0.5, 0.6) is 0 Å². The Kier molecular flexibility index (Phi) is 5.00. The maximum Gasteiger partial charge on any atom is 0.417 e. The molecule has 0 N–H and O–H groups in total. The molecule has 1 heterocycles. The molecule has 24 heavy (non-hydrogen) atoms. The second kappa shape index (κ2) is 7.18. The lowest BCUT2D eigenvalue weighted by Crippen LogP contribution is -2.42. The lowest BCUT2D eigenvalue weighted by atomic mass is 9.98. The normalized spacial score (nSPS) is 18.3. The molecule has 0 aromatic heterocycles. The van der Waals surface area contributed by atoms with Crippen molar-refractivity contribution in [3.05, 3.63) is 70.2 Å². The van der Waals surface area contributed by atoms with Crippen LogP contribution in [0.15, 0.2) is 59.1 Å². The Bertz CT molecular complexity index is 730. The van der Waals surface area contributed by atoms with Crippen LogP contribution in [0.1, 0.15) is 24.0 Å². The second-order valence-electron chi connectivity index (χ2n) is 5.90. The Morgan fingerprint density at radius 3 is 2.54 bits per heavy atom. The Morgan fingerprint density at radius 2 is 1.88 bits per heavy atom. The van der Waals surface area contributed by atoms with Crippen molar-refractivity contribution in [1.29, 1.82) is 0 Å². The minimum Gasteiger partial charge on any atom is -0.447 e. The molecule has 2 amide bonds. The number of amides is 2. The molecule has 0 saturated carbocycles. The van der Waals surface area contributed by atoms with Crippen molar-refractivity contribution in [2.45, 2.75) is 25.3 Å². The van der Waals surface area contributed by atoms with E-state index in [1.54, 1.807) is 0 Å². The zero-order chi connectivity index (χ0) is 17.1. The quantitative estimate of drug-likeness (QED) is 0.791. The van der Waals surface area contributed by atoms with Gasteiger partial charge in [0.2, 0.25) is 5.91 Å². The van der Waals surface area contributed by atoms with Crippen molar-refractivity contribution < 1.29 is 14.3 Å². The minimum absolute atomic E-state index is 0.222. The molecular weight excluding hydrogens is 370 g/mol. The summed E-state index contributed by atoms with van der Waals surface area (Å²) in [5.41, 5.74) is 1.95. The van der Waals surface area contributed by atoms with Crippen molar-refractivity contribution in [1.82, 2.24) is 4.90 Å². The molecule has 1 aliphatic rings. The fraction of sp³-hybridized carbons (Fsp3) is 0.263. The smallest absolute Gasteiger partial charge is 0.417 e. The van der Waals surface area contributed by atoms with Gasteiger partial charge in [-0.05, 0) is 36.6 Å². The highest BCUT2D eigenvalue weighted by atomic mass is 79.9. The molecule has 1 fully saturated rings. The first kappa shape index (κ1) is 16.7. The van der Waals surface area contributed by atoms with Crippen LogP contribution in [-0.4, -0.2) is 29.5 Å². The van der Waals surface area contributed by atoms with E-state index in [9.17, 15) is 9.59 Å². The first-order valence-electron chi connectivity index (χ1n) is 7.85. The molecule has 5 heteroatoms. The number of ether oxygens (including phenoxy) is 1. The Hall–Kier alpha value is -2.14. The summed E-state index contributed by atoms with van der Waals surface area (Å²) in [5.74, 6) is -0.622. The highest BCUT2D eigenvalue weighted by Crippen LogP contribution is 2.25. The number of rotatable bonds is 4. The first-order chi connectivity index (χ1) is 11.6. The van der Waals surface area contributed by atoms with Crippen LogP contribution in [0.2, 0.25) is 0 Å². The molecule has 0 bridgehead atoms. The van der Waals surface area contributed by atoms with Crippen molar-refractivity contribution in [2.75, 3.05) is 6.61 Å². The maximum absolute atomic E-state index is 12.9. The van der Waals surface area contributed by atoms with Gasteiger partial charge in [0.05, 0.1) is 12.0 Å². The van der Waals surface area contributed by atoms with Gasteiger partial charge in [-0.2, -0.15) is 0 Å². The van der Waals surface area contributed by atoms with Gasteiger partial charge in [-0.1, -0.05) is 58.4 Å². The van der Waals surface area contributed by atoms with Crippen LogP contribution < -0.4 is 0 Å². The number of imide groups is 1. The van der Waals surface area contributed by atoms with Crippen molar-refractivity contribution in [3.63, 3.8) is 0 Å². The van der Waals surface area contributed by atoms with E-state index in [0.29, 0.717) is 6.42 Å². The van der Waals surface area contributed by atoms with E-state index in [1.807, 2.05) is 61.5 Å². The zero-order valence-corrected chi connectivity index (χ0v) is 14.9. The number of nitrogens with zero attached hydrogens (tertiary/aromatic N) is 1. The fourth-order valence-corrected chi connectivity index (χ4v) is 3.13. The predicted molar refractivity (Wildman–Crippen MR) is 94.7 cm³/mol. The van der Waals surface area contributed by atoms with Gasteiger partial charge >= 0.3 is 6.09 Å². The van der Waals surface area contributed by atoms with Crippen LogP contribution in [0.3, 0.4) is 0 Å². The monoisotopic (exact) mass is 387 g/mol. The molecule has 124 valence electrons. The summed E-state index contributed by atoms with van der Waals surface area (Å²) in [4.78, 5) is 26.2. The molecule has 2 atom stereocenters. The van der Waals surface area contributed by atoms with Gasteiger partial charge in [-0.25, -0.2) is 9.69 Å². The maximum atomic E-state index is 12.9. The van der Waals surface area contributed by atoms with Gasteiger partial charge in [0.1, 0.15) is 6.61 Å². The van der Waals surface area contributed by atoms with Crippen LogP contribution in [0.4, 0.5) is 4.79 Å². The molecule has 2 aromatic rings. The summed E-state index contributed by atoms with van der Waals surface area (Å²) in [6.07, 6.45) is 0.0515. The molecule has 3 rings (SSSR count). The number of cyclic esters (lactones) is 1. The van der Waals surface area contributed by atoms with Gasteiger partial charge in [0.25, 0.3) is 0 Å². The van der Waals surface area contributed by atoms with Gasteiger partial charge in [-0.15, -0.1) is 0 Å². The third kappa shape index (κ3) is 3.51. The first-order valence-corrected chi connectivity index (χ1v) is 8.65. The topological polar surface area (TPSA) is 46.6 Å². The summed E-state index contributed by atoms with van der Waals surface area (Å²) in [7, 11) is 0. The second-order valence-corrected chi connectivity index (χ2v) is 6.82. The van der Waals surface area contributed by atoms with Gasteiger partial charge in [0.15, 0.2) is 0 Å². The average molecular weight is 388 g/mol. The number of halogens is 1. The van der Waals surface area contributed by atoms with Crippen molar-refractivity contribution in [2.24, 2.45) is 0 Å². The lowest BCUT2D eigenvalue weighted by Gasteiger charge is -2.23. The third-order valence-corrected chi connectivity index (χ3v) is 4.78. The van der Waals surface area contributed by atoms with Crippen LogP contribution in [0, 0.1) is 0 Å². The summed E-state index contributed by atoms with van der Waals surface area (Å²) in [6.45, 7) is 2.06. The summed E-state index contributed by atoms with van der Waals surface area (Å²) in [5, 5.41) is 0. The Balaban J connectivity index is 1.78. The summed E-state index contributed by atoms with van der Waals surface area (Å²) >= 11 is 3.38. The van der Waals surface area contributed by atoms with E-state index in [0.717, 1.165) is 15.6 Å². The molecule has 4 nitrogen and oxygen atoms in total. The zero-order valence-electron chi connectivity index (χ0n) is 13.3. The van der Waals surface area contributed by atoms with Crippen molar-refractivity contribution >= 4 is 27.9 Å². The summed E-state index contributed by atoms with van der Waals surface area (Å²) in [6, 6.07) is 17.1. The Morgan fingerprint density at radius 1 is 1.21 bits per heavy atom. The molecule has 0 radical (unpaired) electrons. The molecule has 0 spiro atoms. The number of hydrogen-bond acceptors (Lipinski definition) is 3.